The Balaban J connectivity index is 1.37. The number of fused-ring (bicyclic) bond motifs is 5. The van der Waals surface area contributed by atoms with Gasteiger partial charge in [0.15, 0.2) is 12.6 Å². The lowest BCUT2D eigenvalue weighted by Gasteiger charge is -2.72. The van der Waals surface area contributed by atoms with E-state index in [9.17, 15) is 56.2 Å². The summed E-state index contributed by atoms with van der Waals surface area (Å²) in [5.74, 6) is -0.978. The van der Waals surface area contributed by atoms with E-state index in [0.29, 0.717) is 38.5 Å². The van der Waals surface area contributed by atoms with Crippen molar-refractivity contribution in [2.75, 3.05) is 6.61 Å². The van der Waals surface area contributed by atoms with E-state index in [1.165, 1.54) is 20.8 Å². The lowest BCUT2D eigenvalue weighted by Crippen LogP contribution is -2.71. The Morgan fingerprint density at radius 3 is 2.04 bits per heavy atom. The summed E-state index contributed by atoms with van der Waals surface area (Å²) in [7, 11) is 0. The van der Waals surface area contributed by atoms with Gasteiger partial charge in [-0.1, -0.05) is 34.6 Å². The van der Waals surface area contributed by atoms with Crippen LogP contribution in [0.4, 0.5) is 0 Å². The zero-order chi connectivity index (χ0) is 42.6. The second kappa shape index (κ2) is 15.6. The number of hydrogen-bond donors (Lipinski definition) is 11. The molecule has 0 radical (unpaired) electrons. The van der Waals surface area contributed by atoms with Crippen LogP contribution >= 0.6 is 0 Å². The van der Waals surface area contributed by atoms with Gasteiger partial charge in [0.05, 0.1) is 48.3 Å². The molecule has 4 aliphatic carbocycles. The summed E-state index contributed by atoms with van der Waals surface area (Å²) < 4.78 is 25.1. The first-order valence-electron chi connectivity index (χ1n) is 21.3. The van der Waals surface area contributed by atoms with Crippen molar-refractivity contribution in [2.45, 2.75) is 211 Å². The molecule has 6 fully saturated rings. The second-order valence-corrected chi connectivity index (χ2v) is 21.2. The van der Waals surface area contributed by atoms with Crippen molar-refractivity contribution in [1.29, 1.82) is 0 Å². The summed E-state index contributed by atoms with van der Waals surface area (Å²) in [5.41, 5.74) is -4.82. The molecule has 15 nitrogen and oxygen atoms in total. The van der Waals surface area contributed by atoms with Gasteiger partial charge < -0.3 is 75.1 Å². The minimum absolute atomic E-state index is 0.0318. The molecule has 6 aliphatic rings. The highest BCUT2D eigenvalue weighted by molar-refractivity contribution is 5.22. The van der Waals surface area contributed by atoms with Crippen LogP contribution in [0, 0.1) is 45.3 Å². The molecule has 2 heterocycles. The van der Waals surface area contributed by atoms with E-state index in [-0.39, 0.29) is 36.5 Å². The van der Waals surface area contributed by atoms with E-state index in [1.54, 1.807) is 6.92 Å². The normalized spacial score (nSPS) is 52.9. The first-order valence-corrected chi connectivity index (χ1v) is 21.3. The first-order chi connectivity index (χ1) is 26.2. The summed E-state index contributed by atoms with van der Waals surface area (Å²) in [6.45, 7) is 16.4. The minimum atomic E-state index is -1.72. The molecule has 4 saturated carbocycles. The molecule has 22 atom stereocenters. The van der Waals surface area contributed by atoms with Crippen molar-refractivity contribution in [2.24, 2.45) is 45.3 Å². The maximum Gasteiger partial charge on any atom is 0.187 e. The largest absolute Gasteiger partial charge is 0.394 e. The lowest BCUT2D eigenvalue weighted by molar-refractivity contribution is -0.382. The predicted octanol–water partition coefficient (Wildman–Crippen LogP) is 0.313. The maximum absolute atomic E-state index is 12.3. The van der Waals surface area contributed by atoms with Crippen molar-refractivity contribution >= 4 is 0 Å². The van der Waals surface area contributed by atoms with Gasteiger partial charge in [-0.15, -0.1) is 0 Å². The molecule has 0 aromatic heterocycles. The van der Waals surface area contributed by atoms with Gasteiger partial charge in [0, 0.05) is 0 Å². The molecular formula is C42H74O15. The van der Waals surface area contributed by atoms with Crippen molar-refractivity contribution < 1.29 is 75.1 Å². The summed E-state index contributed by atoms with van der Waals surface area (Å²) in [6.07, 6.45) is -14.1. The van der Waals surface area contributed by atoms with E-state index >= 15 is 0 Å². The Bertz CT molecular complexity index is 1410. The second-order valence-electron chi connectivity index (χ2n) is 21.2. The van der Waals surface area contributed by atoms with Gasteiger partial charge >= 0.3 is 0 Å². The van der Waals surface area contributed by atoms with Gasteiger partial charge in [0.25, 0.3) is 0 Å². The van der Waals surface area contributed by atoms with E-state index in [0.717, 1.165) is 0 Å². The molecule has 15 heteroatoms. The average molecular weight is 819 g/mol. The Morgan fingerprint density at radius 2 is 1.42 bits per heavy atom. The van der Waals surface area contributed by atoms with Crippen LogP contribution in [-0.2, 0) is 18.9 Å². The third-order valence-electron chi connectivity index (χ3n) is 17.0. The van der Waals surface area contributed by atoms with E-state index < -0.39 is 125 Å². The molecule has 11 N–H and O–H groups in total. The number of rotatable bonds is 10. The van der Waals surface area contributed by atoms with Crippen molar-refractivity contribution in [3.8, 4) is 0 Å². The highest BCUT2D eigenvalue weighted by Gasteiger charge is 2.73. The van der Waals surface area contributed by atoms with Crippen LogP contribution in [0.3, 0.4) is 0 Å². The molecule has 2 aliphatic heterocycles. The Kier molecular flexibility index (Phi) is 12.6. The van der Waals surface area contributed by atoms with Crippen LogP contribution in [0.15, 0.2) is 0 Å². The van der Waals surface area contributed by atoms with Crippen molar-refractivity contribution in [1.82, 2.24) is 0 Å². The fraction of sp³-hybridized carbons (Fsp3) is 1.00. The molecule has 332 valence electrons. The average Bonchev–Trinajstić information content (AvgIpc) is 3.51. The maximum atomic E-state index is 12.3. The molecule has 57 heavy (non-hydrogen) atoms. The molecule has 6 rings (SSSR count). The molecule has 0 spiro atoms. The first kappa shape index (κ1) is 45.9. The van der Waals surface area contributed by atoms with Crippen LogP contribution in [0.1, 0.15) is 114 Å². The molecule has 0 unspecified atom stereocenters. The molecule has 0 aromatic carbocycles. The quantitative estimate of drug-likeness (QED) is 0.133. The number of aliphatic hydroxyl groups is 11. The van der Waals surface area contributed by atoms with Crippen LogP contribution in [0.5, 0.6) is 0 Å². The Labute approximate surface area is 337 Å². The monoisotopic (exact) mass is 819 g/mol. The third-order valence-corrected chi connectivity index (χ3v) is 17.0. The van der Waals surface area contributed by atoms with Gasteiger partial charge in [-0.25, -0.2) is 0 Å². The fourth-order valence-electron chi connectivity index (χ4n) is 13.4. The van der Waals surface area contributed by atoms with Crippen LogP contribution < -0.4 is 0 Å². The van der Waals surface area contributed by atoms with Gasteiger partial charge in [0.1, 0.15) is 42.7 Å². The number of hydrogen-bond acceptors (Lipinski definition) is 15. The van der Waals surface area contributed by atoms with Crippen LogP contribution in [0.2, 0.25) is 0 Å². The van der Waals surface area contributed by atoms with E-state index in [4.69, 9.17) is 18.9 Å². The number of ether oxygens (including phenoxy) is 4. The van der Waals surface area contributed by atoms with Gasteiger partial charge in [-0.05, 0) is 124 Å². The summed E-state index contributed by atoms with van der Waals surface area (Å²) in [6, 6.07) is 0. The van der Waals surface area contributed by atoms with Gasteiger partial charge in [-0.3, -0.25) is 0 Å². The fourth-order valence-corrected chi connectivity index (χ4v) is 13.4. The van der Waals surface area contributed by atoms with Gasteiger partial charge in [-0.2, -0.15) is 0 Å². The summed E-state index contributed by atoms with van der Waals surface area (Å²) in [4.78, 5) is 0. The highest BCUT2D eigenvalue weighted by Crippen LogP contribution is 2.76. The summed E-state index contributed by atoms with van der Waals surface area (Å²) in [5, 5.41) is 121. The Hall–Kier alpha value is -0.600. The predicted molar refractivity (Wildman–Crippen MR) is 204 cm³/mol. The molecular weight excluding hydrogens is 744 g/mol. The molecule has 2 saturated heterocycles. The lowest BCUT2D eigenvalue weighted by atomic mass is 9.34. The minimum Gasteiger partial charge on any atom is -0.394 e. The standard InChI is InChI=1S/C42H74O15/c1-19-28(47)30(49)32(51)35(54-19)57-33-31(50)29(48)23(18-43)56-36(33)55-22-17-41(8)24(39(6)13-11-25(45)37(2,3)34(22)39)16-21(44)27-20(10-14-40(27,41)7)42(9,53)15-12-26(46)38(4,5)52/h19-36,43-53H,10-18H2,1-9H3/t19-,20-,21+,22-,23+,24+,25-,26-,27-,28-,29+,30+,31-,32+,33+,34-,35-,36+,39+,40+,41+,42-/m0/s1. The van der Waals surface area contributed by atoms with Crippen molar-refractivity contribution in [3.63, 3.8) is 0 Å². The Morgan fingerprint density at radius 1 is 0.772 bits per heavy atom. The van der Waals surface area contributed by atoms with Crippen molar-refractivity contribution in [3.05, 3.63) is 0 Å². The number of aliphatic hydroxyl groups excluding tert-OH is 9. The smallest absolute Gasteiger partial charge is 0.187 e. The zero-order valence-electron chi connectivity index (χ0n) is 35.3. The van der Waals surface area contributed by atoms with Crippen LogP contribution in [0.25, 0.3) is 0 Å². The third kappa shape index (κ3) is 7.47. The molecule has 0 aromatic rings. The van der Waals surface area contributed by atoms with Crippen LogP contribution in [-0.4, -0.2) is 160 Å². The van der Waals surface area contributed by atoms with E-state index in [1.807, 2.05) is 13.8 Å². The van der Waals surface area contributed by atoms with E-state index in [2.05, 4.69) is 20.8 Å². The zero-order valence-corrected chi connectivity index (χ0v) is 35.3. The van der Waals surface area contributed by atoms with Gasteiger partial charge in [0.2, 0.25) is 0 Å². The SMILES string of the molecule is C[C@@H]1O[C@@H](O[C@H]2[C@H](O[C@H]3C[C@]4(C)[C@H](C[C@@H](O)[C@@H]5[C@@H]([C@@](C)(O)CC[C@H](O)C(C)(C)O)CC[C@]54C)[C@@]4(C)CC[C@H](O)C(C)(C)[C@H]34)O[C@H](CO)[C@@H](O)[C@@H]2O)[C@H](O)[C@H](O)[C@H]1O. The molecule has 0 bridgehead atoms. The topological polar surface area (TPSA) is 259 Å². The highest BCUT2D eigenvalue weighted by atomic mass is 16.8. The summed E-state index contributed by atoms with van der Waals surface area (Å²) >= 11 is 0. The molecule has 0 amide bonds.